The fraction of sp³-hybridized carbons (Fsp3) is 0.385. The summed E-state index contributed by atoms with van der Waals surface area (Å²) in [5.74, 6) is -0.939. The number of benzene rings is 1. The second kappa shape index (κ2) is 6.16. The van der Waals surface area contributed by atoms with E-state index in [1.807, 2.05) is 0 Å². The van der Waals surface area contributed by atoms with Gasteiger partial charge in [-0.2, -0.15) is 0 Å². The van der Waals surface area contributed by atoms with Crippen molar-refractivity contribution in [2.75, 3.05) is 6.61 Å². The van der Waals surface area contributed by atoms with Crippen molar-refractivity contribution in [2.45, 2.75) is 26.4 Å². The lowest BCUT2D eigenvalue weighted by atomic mass is 10.1. The van der Waals surface area contributed by atoms with Gasteiger partial charge >= 0.3 is 5.97 Å². The molecule has 0 aliphatic rings. The topological polar surface area (TPSA) is 64.6 Å². The Hall–Kier alpha value is -1.88. The molecule has 0 aliphatic heterocycles. The molecule has 5 nitrogen and oxygen atoms in total. The van der Waals surface area contributed by atoms with Gasteiger partial charge < -0.3 is 4.74 Å². The van der Waals surface area contributed by atoms with Gasteiger partial charge in [0.1, 0.15) is 0 Å². The van der Waals surface area contributed by atoms with Crippen LogP contribution in [0.3, 0.4) is 0 Å². The molecule has 0 heterocycles. The third kappa shape index (κ3) is 3.85. The van der Waals surface area contributed by atoms with Gasteiger partial charge in [0.25, 0.3) is 5.91 Å². The van der Waals surface area contributed by atoms with E-state index >= 15 is 0 Å². The Labute approximate surface area is 106 Å². The highest BCUT2D eigenvalue weighted by atomic mass is 16.7. The van der Waals surface area contributed by atoms with Gasteiger partial charge in [-0.15, -0.1) is 0 Å². The maximum atomic E-state index is 11.7. The van der Waals surface area contributed by atoms with Crippen LogP contribution in [0.1, 0.15) is 31.1 Å². The fourth-order valence-electron chi connectivity index (χ4n) is 1.17. The standard InChI is InChI=1S/C13H17NO4/c1-4-17-12(16)13(2,3)18-14-11(15)10-8-6-5-7-9-10/h5-9H,4H2,1-3H3,(H,14,15). The van der Waals surface area contributed by atoms with Crippen LogP contribution in [0.15, 0.2) is 30.3 Å². The van der Waals surface area contributed by atoms with Crippen LogP contribution >= 0.6 is 0 Å². The normalized spacial score (nSPS) is 10.8. The number of esters is 1. The first-order chi connectivity index (χ1) is 8.47. The van der Waals surface area contributed by atoms with Crippen molar-refractivity contribution in [1.82, 2.24) is 5.48 Å². The third-order valence-electron chi connectivity index (χ3n) is 2.20. The predicted octanol–water partition coefficient (Wildman–Crippen LogP) is 1.69. The van der Waals surface area contributed by atoms with Crippen molar-refractivity contribution in [3.63, 3.8) is 0 Å². The molecule has 98 valence electrons. The molecule has 1 aromatic carbocycles. The maximum Gasteiger partial charge on any atom is 0.340 e. The molecule has 1 rings (SSSR count). The van der Waals surface area contributed by atoms with E-state index < -0.39 is 17.5 Å². The highest BCUT2D eigenvalue weighted by Gasteiger charge is 2.31. The van der Waals surface area contributed by atoms with E-state index in [1.54, 1.807) is 37.3 Å². The Morgan fingerprint density at radius 3 is 2.39 bits per heavy atom. The van der Waals surface area contributed by atoms with Crippen LogP contribution in [0, 0.1) is 0 Å². The van der Waals surface area contributed by atoms with Gasteiger partial charge in [-0.1, -0.05) is 18.2 Å². The Balaban J connectivity index is 2.55. The van der Waals surface area contributed by atoms with E-state index in [9.17, 15) is 9.59 Å². The number of hydroxylamine groups is 1. The fourth-order valence-corrected chi connectivity index (χ4v) is 1.17. The summed E-state index contributed by atoms with van der Waals surface area (Å²) in [6.07, 6.45) is 0. The minimum Gasteiger partial charge on any atom is -0.464 e. The molecule has 0 fully saturated rings. The number of carbonyl (C=O) groups is 2. The number of rotatable bonds is 5. The van der Waals surface area contributed by atoms with Crippen molar-refractivity contribution in [3.05, 3.63) is 35.9 Å². The molecule has 0 atom stereocenters. The minimum atomic E-state index is -1.22. The predicted molar refractivity (Wildman–Crippen MR) is 65.7 cm³/mol. The van der Waals surface area contributed by atoms with Crippen LogP contribution in [0.2, 0.25) is 0 Å². The molecule has 1 amide bonds. The summed E-state index contributed by atoms with van der Waals surface area (Å²) in [6.45, 7) is 5.02. The zero-order valence-electron chi connectivity index (χ0n) is 10.7. The summed E-state index contributed by atoms with van der Waals surface area (Å²) < 4.78 is 4.83. The Morgan fingerprint density at radius 1 is 1.22 bits per heavy atom. The number of amides is 1. The molecule has 0 saturated heterocycles. The number of ether oxygens (including phenoxy) is 1. The zero-order chi connectivity index (χ0) is 13.6. The second-order valence-corrected chi connectivity index (χ2v) is 4.13. The maximum absolute atomic E-state index is 11.7. The first-order valence-corrected chi connectivity index (χ1v) is 5.68. The molecule has 0 bridgehead atoms. The van der Waals surface area contributed by atoms with Crippen molar-refractivity contribution in [2.24, 2.45) is 0 Å². The minimum absolute atomic E-state index is 0.262. The monoisotopic (exact) mass is 251 g/mol. The highest BCUT2D eigenvalue weighted by Crippen LogP contribution is 2.10. The smallest absolute Gasteiger partial charge is 0.340 e. The molecule has 18 heavy (non-hydrogen) atoms. The number of carbonyl (C=O) groups excluding carboxylic acids is 2. The first-order valence-electron chi connectivity index (χ1n) is 5.68. The van der Waals surface area contributed by atoms with Crippen LogP contribution in [0.25, 0.3) is 0 Å². The lowest BCUT2D eigenvalue weighted by molar-refractivity contribution is -0.173. The molecule has 1 N–H and O–H groups in total. The van der Waals surface area contributed by atoms with Crippen molar-refractivity contribution >= 4 is 11.9 Å². The number of nitrogens with one attached hydrogen (secondary N) is 1. The van der Waals surface area contributed by atoms with Crippen LogP contribution in [-0.4, -0.2) is 24.1 Å². The lowest BCUT2D eigenvalue weighted by Crippen LogP contribution is -2.43. The Kier molecular flexibility index (Phi) is 4.85. The molecule has 0 aliphatic carbocycles. The molecule has 0 radical (unpaired) electrons. The van der Waals surface area contributed by atoms with Crippen molar-refractivity contribution in [3.8, 4) is 0 Å². The summed E-state index contributed by atoms with van der Waals surface area (Å²) in [5, 5.41) is 0. The molecule has 5 heteroatoms. The summed E-state index contributed by atoms with van der Waals surface area (Å²) >= 11 is 0. The van der Waals surface area contributed by atoms with Crippen LogP contribution in [-0.2, 0) is 14.4 Å². The van der Waals surface area contributed by atoms with Gasteiger partial charge in [0.05, 0.1) is 6.61 Å². The van der Waals surface area contributed by atoms with E-state index in [2.05, 4.69) is 5.48 Å². The van der Waals surface area contributed by atoms with Crippen LogP contribution in [0.4, 0.5) is 0 Å². The summed E-state index contributed by atoms with van der Waals surface area (Å²) in [6, 6.07) is 8.59. The molecule has 0 saturated carbocycles. The second-order valence-electron chi connectivity index (χ2n) is 4.13. The highest BCUT2D eigenvalue weighted by molar-refractivity contribution is 5.93. The molecule has 0 spiro atoms. The van der Waals surface area contributed by atoms with E-state index in [1.165, 1.54) is 13.8 Å². The van der Waals surface area contributed by atoms with Crippen molar-refractivity contribution in [1.29, 1.82) is 0 Å². The van der Waals surface area contributed by atoms with E-state index in [4.69, 9.17) is 9.57 Å². The van der Waals surface area contributed by atoms with Crippen molar-refractivity contribution < 1.29 is 19.2 Å². The van der Waals surface area contributed by atoms with Gasteiger partial charge in [0, 0.05) is 5.56 Å². The lowest BCUT2D eigenvalue weighted by Gasteiger charge is -2.22. The summed E-state index contributed by atoms with van der Waals surface area (Å²) in [7, 11) is 0. The molecular weight excluding hydrogens is 234 g/mol. The molecule has 1 aromatic rings. The SMILES string of the molecule is CCOC(=O)C(C)(C)ONC(=O)c1ccccc1. The molecule has 0 aromatic heterocycles. The molecule has 0 unspecified atom stereocenters. The summed E-state index contributed by atoms with van der Waals surface area (Å²) in [4.78, 5) is 28.3. The third-order valence-corrected chi connectivity index (χ3v) is 2.20. The van der Waals surface area contributed by atoms with Gasteiger partial charge in [-0.05, 0) is 32.9 Å². The van der Waals surface area contributed by atoms with Gasteiger partial charge in [0.15, 0.2) is 5.60 Å². The quantitative estimate of drug-likeness (QED) is 0.639. The number of hydrogen-bond acceptors (Lipinski definition) is 4. The van der Waals surface area contributed by atoms with Crippen LogP contribution in [0.5, 0.6) is 0 Å². The van der Waals surface area contributed by atoms with Crippen LogP contribution < -0.4 is 5.48 Å². The van der Waals surface area contributed by atoms with E-state index in [0.29, 0.717) is 5.56 Å². The first kappa shape index (κ1) is 14.2. The Morgan fingerprint density at radius 2 is 1.83 bits per heavy atom. The average Bonchev–Trinajstić information content (AvgIpc) is 2.37. The molecular formula is C13H17NO4. The zero-order valence-corrected chi connectivity index (χ0v) is 10.7. The number of hydrogen-bond donors (Lipinski definition) is 1. The largest absolute Gasteiger partial charge is 0.464 e. The van der Waals surface area contributed by atoms with Gasteiger partial charge in [-0.3, -0.25) is 9.63 Å². The van der Waals surface area contributed by atoms with E-state index in [-0.39, 0.29) is 6.61 Å². The summed E-state index contributed by atoms with van der Waals surface area (Å²) in [5.41, 5.74) is 1.47. The average molecular weight is 251 g/mol. The van der Waals surface area contributed by atoms with Gasteiger partial charge in [0.2, 0.25) is 0 Å². The Bertz CT molecular complexity index is 414. The van der Waals surface area contributed by atoms with Gasteiger partial charge in [-0.25, -0.2) is 10.3 Å². The van der Waals surface area contributed by atoms with E-state index in [0.717, 1.165) is 0 Å².